The molecule has 1 aromatic rings. The number of hydrogen-bond acceptors (Lipinski definition) is 8. The summed E-state index contributed by atoms with van der Waals surface area (Å²) in [6, 6.07) is 6.29. The van der Waals surface area contributed by atoms with Crippen LogP contribution in [0.5, 0.6) is 5.75 Å². The van der Waals surface area contributed by atoms with Gasteiger partial charge >= 0.3 is 0 Å². The zero-order valence-corrected chi connectivity index (χ0v) is 22.9. The monoisotopic (exact) mass is 541 g/mol. The third kappa shape index (κ3) is 7.94. The van der Waals surface area contributed by atoms with E-state index in [1.54, 1.807) is 0 Å². The topological polar surface area (TPSA) is 95.6 Å². The molecule has 4 heterocycles. The van der Waals surface area contributed by atoms with Gasteiger partial charge in [-0.2, -0.15) is 0 Å². The molecule has 2 atom stereocenters. The first-order chi connectivity index (χ1) is 19.2. The quantitative estimate of drug-likeness (QED) is 0.513. The van der Waals surface area contributed by atoms with Crippen molar-refractivity contribution in [3.63, 3.8) is 0 Å². The molecule has 2 bridgehead atoms. The van der Waals surface area contributed by atoms with Gasteiger partial charge in [-0.1, -0.05) is 12.2 Å². The summed E-state index contributed by atoms with van der Waals surface area (Å²) in [7, 11) is 0. The summed E-state index contributed by atoms with van der Waals surface area (Å²) in [5.41, 5.74) is 2.20. The summed E-state index contributed by atoms with van der Waals surface area (Å²) in [4.78, 5) is 32.4. The van der Waals surface area contributed by atoms with E-state index in [2.05, 4.69) is 38.6 Å². The Kier molecular flexibility index (Phi) is 10.1. The van der Waals surface area contributed by atoms with Crippen molar-refractivity contribution in [2.75, 3.05) is 96.8 Å². The molecule has 0 spiro atoms. The van der Waals surface area contributed by atoms with Crippen molar-refractivity contribution in [2.24, 2.45) is 11.8 Å². The van der Waals surface area contributed by atoms with Crippen molar-refractivity contribution in [3.05, 3.63) is 35.9 Å². The number of benzene rings is 1. The van der Waals surface area contributed by atoms with E-state index in [1.807, 2.05) is 17.0 Å². The Bertz CT molecular complexity index is 992. The fourth-order valence-corrected chi connectivity index (χ4v) is 5.86. The summed E-state index contributed by atoms with van der Waals surface area (Å²) < 4.78 is 17.1. The van der Waals surface area contributed by atoms with Crippen LogP contribution >= 0.6 is 0 Å². The zero-order chi connectivity index (χ0) is 26.9. The first-order valence-electron chi connectivity index (χ1n) is 14.5. The molecule has 4 aliphatic heterocycles. The van der Waals surface area contributed by atoms with Crippen molar-refractivity contribution in [3.8, 4) is 5.75 Å². The summed E-state index contributed by atoms with van der Waals surface area (Å²) in [5.74, 6) is 1.35. The molecule has 3 saturated heterocycles. The van der Waals surface area contributed by atoms with Crippen LogP contribution in [-0.4, -0.2) is 114 Å². The van der Waals surface area contributed by atoms with Crippen LogP contribution in [0, 0.1) is 11.8 Å². The maximum Gasteiger partial charge on any atom is 0.236 e. The van der Waals surface area contributed by atoms with Gasteiger partial charge in [0.25, 0.3) is 0 Å². The Morgan fingerprint density at radius 3 is 2.62 bits per heavy atom. The minimum absolute atomic E-state index is 0.0901. The fourth-order valence-electron chi connectivity index (χ4n) is 5.86. The van der Waals surface area contributed by atoms with E-state index in [0.29, 0.717) is 39.2 Å². The lowest BCUT2D eigenvalue weighted by molar-refractivity contribution is -0.132. The molecule has 3 fully saturated rings. The number of rotatable bonds is 6. The lowest BCUT2D eigenvalue weighted by atomic mass is 9.82. The normalized spacial score (nSPS) is 25.9. The van der Waals surface area contributed by atoms with Crippen LogP contribution < -0.4 is 20.3 Å². The number of anilines is 1. The largest absolute Gasteiger partial charge is 0.489 e. The molecule has 2 N–H and O–H groups in total. The SMILES string of the molecule is O=C(C[C@@H]1CCN2C[C@@H]1/C=C/COc1ccc(N3CCOCC3)cc1CNCC2=O)NCCN1CCOCC1. The summed E-state index contributed by atoms with van der Waals surface area (Å²) in [5, 5.41) is 6.45. The van der Waals surface area contributed by atoms with Crippen LogP contribution in [0.4, 0.5) is 5.69 Å². The van der Waals surface area contributed by atoms with Gasteiger partial charge in [-0.25, -0.2) is 0 Å². The molecule has 0 aromatic heterocycles. The van der Waals surface area contributed by atoms with Crippen LogP contribution in [0.15, 0.2) is 30.4 Å². The van der Waals surface area contributed by atoms with Gasteiger partial charge in [0, 0.05) is 76.6 Å². The van der Waals surface area contributed by atoms with E-state index >= 15 is 0 Å². The maximum atomic E-state index is 13.1. The van der Waals surface area contributed by atoms with Gasteiger partial charge in [-0.3, -0.25) is 14.5 Å². The molecule has 214 valence electrons. The van der Waals surface area contributed by atoms with Crippen molar-refractivity contribution < 1.29 is 23.8 Å². The highest BCUT2D eigenvalue weighted by Crippen LogP contribution is 2.29. The highest BCUT2D eigenvalue weighted by atomic mass is 16.5. The standard InChI is InChI=1S/C29H43N5O5/c35-28(31-6-8-32-9-14-37-15-10-32)19-23-5-7-34-22-24(23)2-1-13-39-27-4-3-26(33-11-16-38-17-12-33)18-25(27)20-30-21-29(34)36/h1-4,18,23-24,30H,5-17,19-22H2,(H,31,35)/b2-1+/t23-,24-/m0/s1. The van der Waals surface area contributed by atoms with Gasteiger partial charge in [0.05, 0.1) is 33.0 Å². The van der Waals surface area contributed by atoms with Crippen molar-refractivity contribution in [1.29, 1.82) is 0 Å². The molecule has 5 rings (SSSR count). The third-order valence-corrected chi connectivity index (χ3v) is 8.19. The number of nitrogens with zero attached hydrogens (tertiary/aromatic N) is 3. The molecule has 0 radical (unpaired) electrons. The van der Waals surface area contributed by atoms with Crippen molar-refractivity contribution in [2.45, 2.75) is 19.4 Å². The number of morpholine rings is 2. The van der Waals surface area contributed by atoms with E-state index in [0.717, 1.165) is 82.6 Å². The predicted molar refractivity (Wildman–Crippen MR) is 149 cm³/mol. The summed E-state index contributed by atoms with van der Waals surface area (Å²) in [6.07, 6.45) is 5.50. The zero-order valence-electron chi connectivity index (χ0n) is 22.9. The van der Waals surface area contributed by atoms with Crippen LogP contribution in [0.3, 0.4) is 0 Å². The molecule has 1 aromatic carbocycles. The minimum Gasteiger partial charge on any atom is -0.489 e. The van der Waals surface area contributed by atoms with Gasteiger partial charge in [-0.05, 0) is 36.5 Å². The molecule has 0 saturated carbocycles. The number of piperidine rings is 1. The fraction of sp³-hybridized carbons (Fsp3) is 0.655. The van der Waals surface area contributed by atoms with Crippen molar-refractivity contribution >= 4 is 17.5 Å². The minimum atomic E-state index is 0.0901. The van der Waals surface area contributed by atoms with Crippen LogP contribution in [0.2, 0.25) is 0 Å². The molecule has 0 aliphatic carbocycles. The van der Waals surface area contributed by atoms with Gasteiger partial charge in [-0.15, -0.1) is 0 Å². The molecule has 39 heavy (non-hydrogen) atoms. The highest BCUT2D eigenvalue weighted by molar-refractivity contribution is 5.79. The smallest absolute Gasteiger partial charge is 0.236 e. The third-order valence-electron chi connectivity index (χ3n) is 8.19. The Labute approximate surface area is 231 Å². The molecule has 2 amide bonds. The van der Waals surface area contributed by atoms with E-state index < -0.39 is 0 Å². The number of nitrogens with one attached hydrogen (secondary N) is 2. The Hall–Kier alpha value is -2.66. The maximum absolute atomic E-state index is 13.1. The number of carbonyl (C=O) groups excluding carboxylic acids is 2. The van der Waals surface area contributed by atoms with Crippen LogP contribution in [0.1, 0.15) is 18.4 Å². The predicted octanol–water partition coefficient (Wildman–Crippen LogP) is 0.865. The second kappa shape index (κ2) is 14.1. The first-order valence-corrected chi connectivity index (χ1v) is 14.5. The molecular weight excluding hydrogens is 498 g/mol. The van der Waals surface area contributed by atoms with E-state index in [4.69, 9.17) is 14.2 Å². The van der Waals surface area contributed by atoms with Crippen molar-refractivity contribution in [1.82, 2.24) is 20.4 Å². The number of ether oxygens (including phenoxy) is 3. The lowest BCUT2D eigenvalue weighted by Crippen LogP contribution is -2.47. The highest BCUT2D eigenvalue weighted by Gasteiger charge is 2.31. The molecule has 10 nitrogen and oxygen atoms in total. The van der Waals surface area contributed by atoms with Gasteiger partial charge in [0.15, 0.2) is 0 Å². The summed E-state index contributed by atoms with van der Waals surface area (Å²) in [6.45, 7) is 10.7. The first kappa shape index (κ1) is 27.9. The molecule has 10 heteroatoms. The van der Waals surface area contributed by atoms with E-state index in [-0.39, 0.29) is 30.2 Å². The summed E-state index contributed by atoms with van der Waals surface area (Å²) >= 11 is 0. The van der Waals surface area contributed by atoms with Crippen LogP contribution in [0.25, 0.3) is 0 Å². The number of amides is 2. The van der Waals surface area contributed by atoms with E-state index in [1.165, 1.54) is 0 Å². The Balaban J connectivity index is 1.19. The lowest BCUT2D eigenvalue weighted by Gasteiger charge is -2.37. The number of fused-ring (bicyclic) bond motifs is 3. The Morgan fingerprint density at radius 1 is 1.00 bits per heavy atom. The van der Waals surface area contributed by atoms with Gasteiger partial charge in [0.2, 0.25) is 11.8 Å². The average molecular weight is 542 g/mol. The number of carbonyl (C=O) groups is 2. The average Bonchev–Trinajstić information content (AvgIpc) is 2.98. The molecule has 0 unspecified atom stereocenters. The second-order valence-electron chi connectivity index (χ2n) is 10.8. The van der Waals surface area contributed by atoms with E-state index in [9.17, 15) is 9.59 Å². The molecule has 4 aliphatic rings. The van der Waals surface area contributed by atoms with Crippen LogP contribution in [-0.2, 0) is 25.6 Å². The second-order valence-corrected chi connectivity index (χ2v) is 10.8. The Morgan fingerprint density at radius 2 is 1.79 bits per heavy atom. The number of hydrogen-bond donors (Lipinski definition) is 2. The van der Waals surface area contributed by atoms with Gasteiger partial charge in [0.1, 0.15) is 12.4 Å². The van der Waals surface area contributed by atoms with Gasteiger partial charge < -0.3 is 34.6 Å². The molecular formula is C29H43N5O5.